The number of rotatable bonds is 5. The van der Waals surface area contributed by atoms with E-state index in [0.29, 0.717) is 18.5 Å². The Morgan fingerprint density at radius 2 is 1.71 bits per heavy atom. The number of aliphatic hydroxyl groups is 1. The molecule has 0 saturated carbocycles. The summed E-state index contributed by atoms with van der Waals surface area (Å²) < 4.78 is 0. The van der Waals surface area contributed by atoms with Gasteiger partial charge in [0.2, 0.25) is 0 Å². The number of nitrogens with one attached hydrogen (secondary N) is 1. The standard InChI is InChI=1S/C21H21NO2/c1-15-7-2-4-10-17(15)21(24)22-14-13-20(23)19-12-6-9-16-8-3-5-11-18(16)19/h2-12,20,23H,13-14H2,1H3,(H,22,24)/t20-/m0/s1. The van der Waals surface area contributed by atoms with E-state index in [1.54, 1.807) is 0 Å². The van der Waals surface area contributed by atoms with Crippen LogP contribution in [0.3, 0.4) is 0 Å². The summed E-state index contributed by atoms with van der Waals surface area (Å²) in [5.74, 6) is -0.0989. The van der Waals surface area contributed by atoms with Gasteiger partial charge in [-0.15, -0.1) is 0 Å². The van der Waals surface area contributed by atoms with Crippen LogP contribution in [0.5, 0.6) is 0 Å². The van der Waals surface area contributed by atoms with E-state index in [4.69, 9.17) is 0 Å². The second-order valence-electron chi connectivity index (χ2n) is 5.94. The van der Waals surface area contributed by atoms with Gasteiger partial charge in [-0.3, -0.25) is 4.79 Å². The lowest BCUT2D eigenvalue weighted by atomic mass is 9.99. The van der Waals surface area contributed by atoms with Gasteiger partial charge in [0, 0.05) is 12.1 Å². The number of carbonyl (C=O) groups excluding carboxylic acids is 1. The van der Waals surface area contributed by atoms with Gasteiger partial charge in [0.25, 0.3) is 5.91 Å². The highest BCUT2D eigenvalue weighted by atomic mass is 16.3. The lowest BCUT2D eigenvalue weighted by Crippen LogP contribution is -2.26. The van der Waals surface area contributed by atoms with Gasteiger partial charge in [-0.1, -0.05) is 60.7 Å². The van der Waals surface area contributed by atoms with Crippen LogP contribution in [0.25, 0.3) is 10.8 Å². The maximum absolute atomic E-state index is 12.2. The van der Waals surface area contributed by atoms with E-state index >= 15 is 0 Å². The summed E-state index contributed by atoms with van der Waals surface area (Å²) in [7, 11) is 0. The topological polar surface area (TPSA) is 49.3 Å². The molecule has 3 heteroatoms. The van der Waals surface area contributed by atoms with Crippen LogP contribution in [0.2, 0.25) is 0 Å². The fourth-order valence-corrected chi connectivity index (χ4v) is 2.94. The van der Waals surface area contributed by atoms with E-state index in [0.717, 1.165) is 21.9 Å². The second-order valence-corrected chi connectivity index (χ2v) is 5.94. The smallest absolute Gasteiger partial charge is 0.251 e. The van der Waals surface area contributed by atoms with E-state index in [1.807, 2.05) is 73.7 Å². The van der Waals surface area contributed by atoms with Gasteiger partial charge in [0.1, 0.15) is 0 Å². The molecule has 0 aliphatic carbocycles. The summed E-state index contributed by atoms with van der Waals surface area (Å²) in [4.78, 5) is 12.2. The summed E-state index contributed by atoms with van der Waals surface area (Å²) in [6.07, 6.45) is -0.126. The van der Waals surface area contributed by atoms with E-state index in [-0.39, 0.29) is 5.91 Å². The fraction of sp³-hybridized carbons (Fsp3) is 0.190. The Morgan fingerprint density at radius 1 is 1.00 bits per heavy atom. The Balaban J connectivity index is 1.64. The highest BCUT2D eigenvalue weighted by molar-refractivity contribution is 5.95. The molecule has 122 valence electrons. The molecule has 2 N–H and O–H groups in total. The van der Waals surface area contributed by atoms with Gasteiger partial charge in [0.15, 0.2) is 0 Å². The molecule has 3 rings (SSSR count). The molecule has 0 saturated heterocycles. The third kappa shape index (κ3) is 3.47. The zero-order valence-corrected chi connectivity index (χ0v) is 13.7. The van der Waals surface area contributed by atoms with E-state index in [2.05, 4.69) is 5.32 Å². The monoisotopic (exact) mass is 319 g/mol. The van der Waals surface area contributed by atoms with Crippen molar-refractivity contribution in [2.75, 3.05) is 6.54 Å². The van der Waals surface area contributed by atoms with Crippen molar-refractivity contribution in [3.8, 4) is 0 Å². The first-order valence-corrected chi connectivity index (χ1v) is 8.16. The Hall–Kier alpha value is -2.65. The van der Waals surface area contributed by atoms with Crippen molar-refractivity contribution in [3.63, 3.8) is 0 Å². The average molecular weight is 319 g/mol. The van der Waals surface area contributed by atoms with Crippen LogP contribution in [0.4, 0.5) is 0 Å². The minimum absolute atomic E-state index is 0.0989. The summed E-state index contributed by atoms with van der Waals surface area (Å²) in [6, 6.07) is 21.4. The summed E-state index contributed by atoms with van der Waals surface area (Å²) in [5.41, 5.74) is 2.53. The van der Waals surface area contributed by atoms with Crippen LogP contribution >= 0.6 is 0 Å². The zero-order valence-electron chi connectivity index (χ0n) is 13.7. The van der Waals surface area contributed by atoms with Gasteiger partial charge in [-0.25, -0.2) is 0 Å². The fourth-order valence-electron chi connectivity index (χ4n) is 2.94. The number of benzene rings is 3. The third-order valence-electron chi connectivity index (χ3n) is 4.28. The largest absolute Gasteiger partial charge is 0.388 e. The van der Waals surface area contributed by atoms with Gasteiger partial charge in [-0.05, 0) is 41.3 Å². The normalized spacial score (nSPS) is 12.1. The average Bonchev–Trinajstić information content (AvgIpc) is 2.61. The zero-order chi connectivity index (χ0) is 16.9. The van der Waals surface area contributed by atoms with Gasteiger partial charge < -0.3 is 10.4 Å². The van der Waals surface area contributed by atoms with Crippen LogP contribution in [0.1, 0.15) is 34.0 Å². The Labute approximate surface area is 142 Å². The number of amides is 1. The minimum Gasteiger partial charge on any atom is -0.388 e. The molecular weight excluding hydrogens is 298 g/mol. The van der Waals surface area contributed by atoms with Crippen molar-refractivity contribution in [1.82, 2.24) is 5.32 Å². The Morgan fingerprint density at radius 3 is 2.54 bits per heavy atom. The van der Waals surface area contributed by atoms with Crippen molar-refractivity contribution in [1.29, 1.82) is 0 Å². The van der Waals surface area contributed by atoms with Crippen LogP contribution in [-0.2, 0) is 0 Å². The molecule has 24 heavy (non-hydrogen) atoms. The van der Waals surface area contributed by atoms with Gasteiger partial charge in [0.05, 0.1) is 6.10 Å². The van der Waals surface area contributed by atoms with Crippen molar-refractivity contribution in [2.24, 2.45) is 0 Å². The number of aryl methyl sites for hydroxylation is 1. The molecule has 3 aromatic carbocycles. The predicted octanol–water partition coefficient (Wildman–Crippen LogP) is 4.00. The SMILES string of the molecule is Cc1ccccc1C(=O)NCC[C@H](O)c1cccc2ccccc12. The third-order valence-corrected chi connectivity index (χ3v) is 4.28. The molecule has 3 nitrogen and oxygen atoms in total. The van der Waals surface area contributed by atoms with Crippen molar-refractivity contribution in [3.05, 3.63) is 83.4 Å². The lowest BCUT2D eigenvalue weighted by Gasteiger charge is -2.14. The molecule has 0 unspecified atom stereocenters. The van der Waals surface area contributed by atoms with Crippen LogP contribution in [-0.4, -0.2) is 17.6 Å². The molecule has 1 atom stereocenters. The molecule has 1 amide bonds. The first-order chi connectivity index (χ1) is 11.7. The number of hydrogen-bond donors (Lipinski definition) is 2. The Bertz CT molecular complexity index is 852. The lowest BCUT2D eigenvalue weighted by molar-refractivity contribution is 0.0942. The van der Waals surface area contributed by atoms with Gasteiger partial charge >= 0.3 is 0 Å². The molecule has 0 aliphatic rings. The molecular formula is C21H21NO2. The van der Waals surface area contributed by atoms with Crippen molar-refractivity contribution in [2.45, 2.75) is 19.4 Å². The van der Waals surface area contributed by atoms with Crippen molar-refractivity contribution < 1.29 is 9.90 Å². The first kappa shape index (κ1) is 16.2. The van der Waals surface area contributed by atoms with Gasteiger partial charge in [-0.2, -0.15) is 0 Å². The minimum atomic E-state index is -0.603. The van der Waals surface area contributed by atoms with Crippen LogP contribution in [0.15, 0.2) is 66.7 Å². The number of carbonyl (C=O) groups is 1. The molecule has 0 radical (unpaired) electrons. The highest BCUT2D eigenvalue weighted by Gasteiger charge is 2.12. The molecule has 0 heterocycles. The maximum Gasteiger partial charge on any atom is 0.251 e. The summed E-state index contributed by atoms with van der Waals surface area (Å²) in [6.45, 7) is 2.34. The summed E-state index contributed by atoms with van der Waals surface area (Å²) in [5, 5.41) is 15.6. The number of fused-ring (bicyclic) bond motifs is 1. The predicted molar refractivity (Wildman–Crippen MR) is 97.0 cm³/mol. The molecule has 0 spiro atoms. The molecule has 0 aliphatic heterocycles. The van der Waals surface area contributed by atoms with Crippen molar-refractivity contribution >= 4 is 16.7 Å². The summed E-state index contributed by atoms with van der Waals surface area (Å²) >= 11 is 0. The second kappa shape index (κ2) is 7.28. The molecule has 0 aromatic heterocycles. The molecule has 0 fully saturated rings. The van der Waals surface area contributed by atoms with E-state index in [9.17, 15) is 9.90 Å². The number of aliphatic hydroxyl groups excluding tert-OH is 1. The van der Waals surface area contributed by atoms with E-state index < -0.39 is 6.10 Å². The van der Waals surface area contributed by atoms with E-state index in [1.165, 1.54) is 0 Å². The van der Waals surface area contributed by atoms with Crippen LogP contribution < -0.4 is 5.32 Å². The van der Waals surface area contributed by atoms with Crippen LogP contribution in [0, 0.1) is 6.92 Å². The maximum atomic E-state index is 12.2. The number of hydrogen-bond acceptors (Lipinski definition) is 2. The highest BCUT2D eigenvalue weighted by Crippen LogP contribution is 2.25. The quantitative estimate of drug-likeness (QED) is 0.747. The molecule has 3 aromatic rings. The Kier molecular flexibility index (Phi) is 4.92. The molecule has 0 bridgehead atoms. The first-order valence-electron chi connectivity index (χ1n) is 8.16.